The van der Waals surface area contributed by atoms with Gasteiger partial charge in [-0.25, -0.2) is 0 Å². The van der Waals surface area contributed by atoms with Crippen molar-refractivity contribution in [2.75, 3.05) is 32.4 Å². The number of guanidine groups is 1. The Balaban J connectivity index is 2.30. The number of nitrogens with zero attached hydrogens (tertiary/aromatic N) is 4. The molecule has 1 heterocycles. The number of thioether (sulfide) groups is 1. The number of furan rings is 1. The van der Waals surface area contributed by atoms with Crippen LogP contribution in [0.4, 0.5) is 0 Å². The summed E-state index contributed by atoms with van der Waals surface area (Å²) in [5.74, 6) is 3.99. The third-order valence-electron chi connectivity index (χ3n) is 3.36. The van der Waals surface area contributed by atoms with E-state index in [0.717, 1.165) is 49.2 Å². The average Bonchev–Trinajstić information content (AvgIpc) is 2.96. The molecule has 2 N–H and O–H groups in total. The molecule has 0 aliphatic heterocycles. The minimum absolute atomic E-state index is 0.252. The molecule has 0 atom stereocenters. The Hall–Kier alpha value is -1.65. The van der Waals surface area contributed by atoms with Crippen LogP contribution in [0, 0.1) is 11.5 Å². The molecule has 6 nitrogen and oxygen atoms in total. The van der Waals surface area contributed by atoms with E-state index in [9.17, 15) is 0 Å². The highest BCUT2D eigenvalue weighted by Gasteiger charge is 2.07. The Morgan fingerprint density at radius 3 is 2.68 bits per heavy atom. The number of aliphatic imine (C=N–C) groups is 1. The lowest BCUT2D eigenvalue weighted by Gasteiger charge is -2.16. The number of nitriles is 1. The molecule has 1 aromatic rings. The minimum atomic E-state index is 0.252. The molecule has 0 aliphatic rings. The van der Waals surface area contributed by atoms with Crippen LogP contribution in [0.1, 0.15) is 25.4 Å². The first kappa shape index (κ1) is 18.4. The van der Waals surface area contributed by atoms with Gasteiger partial charge in [-0.3, -0.25) is 4.90 Å². The highest BCUT2D eigenvalue weighted by atomic mass is 32.2. The summed E-state index contributed by atoms with van der Waals surface area (Å²) in [6.45, 7) is 7.97. The third-order valence-corrected chi connectivity index (χ3v) is 4.32. The van der Waals surface area contributed by atoms with Crippen molar-refractivity contribution in [2.24, 2.45) is 10.7 Å². The standard InChI is InChI=1S/C15H25N5OS/c1-4-20(5-2)10-13-6-7-14(21-13)11-22-9-8-19(3)15(17)18-12-16/h6-7H,4-5,8-11H2,1-3H3,(H2,17,18). The summed E-state index contributed by atoms with van der Waals surface area (Å²) < 4.78 is 5.84. The lowest BCUT2D eigenvalue weighted by atomic mass is 10.4. The van der Waals surface area contributed by atoms with Crippen LogP contribution in [0.2, 0.25) is 0 Å². The summed E-state index contributed by atoms with van der Waals surface area (Å²) in [5, 5.41) is 8.44. The Kier molecular flexibility index (Phi) is 8.48. The fourth-order valence-corrected chi connectivity index (χ4v) is 2.78. The van der Waals surface area contributed by atoms with E-state index in [1.165, 1.54) is 0 Å². The fourth-order valence-electron chi connectivity index (χ4n) is 1.88. The molecule has 0 bridgehead atoms. The van der Waals surface area contributed by atoms with Gasteiger partial charge in [0.25, 0.3) is 0 Å². The van der Waals surface area contributed by atoms with Gasteiger partial charge in [0.05, 0.1) is 12.3 Å². The van der Waals surface area contributed by atoms with Gasteiger partial charge in [0.2, 0.25) is 12.2 Å². The molecule has 22 heavy (non-hydrogen) atoms. The van der Waals surface area contributed by atoms with Gasteiger partial charge < -0.3 is 15.1 Å². The van der Waals surface area contributed by atoms with E-state index in [4.69, 9.17) is 15.4 Å². The summed E-state index contributed by atoms with van der Waals surface area (Å²) in [4.78, 5) is 7.59. The Labute approximate surface area is 137 Å². The zero-order valence-electron chi connectivity index (χ0n) is 13.6. The van der Waals surface area contributed by atoms with Crippen LogP contribution < -0.4 is 5.73 Å². The first-order chi connectivity index (χ1) is 10.6. The number of hydrogen-bond acceptors (Lipinski definition) is 5. The maximum atomic E-state index is 8.44. The zero-order chi connectivity index (χ0) is 16.4. The molecule has 122 valence electrons. The van der Waals surface area contributed by atoms with E-state index in [1.54, 1.807) is 22.9 Å². The SMILES string of the molecule is CCN(CC)Cc1ccc(CSCCN(C)C(N)=NC#N)o1. The minimum Gasteiger partial charge on any atom is -0.464 e. The predicted octanol–water partition coefficient (Wildman–Crippen LogP) is 2.08. The Morgan fingerprint density at radius 2 is 2.05 bits per heavy atom. The lowest BCUT2D eigenvalue weighted by Crippen LogP contribution is -2.35. The van der Waals surface area contributed by atoms with E-state index in [0.29, 0.717) is 0 Å². The second kappa shape index (κ2) is 10.1. The van der Waals surface area contributed by atoms with Crippen molar-refractivity contribution in [3.05, 3.63) is 23.7 Å². The van der Waals surface area contributed by atoms with Gasteiger partial charge in [0.15, 0.2) is 0 Å². The normalized spacial score (nSPS) is 11.7. The highest BCUT2D eigenvalue weighted by molar-refractivity contribution is 7.98. The molecule has 0 spiro atoms. The Morgan fingerprint density at radius 1 is 1.36 bits per heavy atom. The van der Waals surface area contributed by atoms with E-state index in [2.05, 4.69) is 29.8 Å². The summed E-state index contributed by atoms with van der Waals surface area (Å²) in [5.41, 5.74) is 5.62. The van der Waals surface area contributed by atoms with Crippen LogP contribution in [0.25, 0.3) is 0 Å². The molecule has 0 radical (unpaired) electrons. The van der Waals surface area contributed by atoms with Gasteiger partial charge >= 0.3 is 0 Å². The van der Waals surface area contributed by atoms with Gasteiger partial charge in [0, 0.05) is 19.3 Å². The molecule has 0 fully saturated rings. The van der Waals surface area contributed by atoms with E-state index < -0.39 is 0 Å². The van der Waals surface area contributed by atoms with Crippen molar-refractivity contribution in [3.63, 3.8) is 0 Å². The number of rotatable bonds is 9. The van der Waals surface area contributed by atoms with E-state index in [-0.39, 0.29) is 5.96 Å². The molecule has 1 aromatic heterocycles. The van der Waals surface area contributed by atoms with Crippen LogP contribution >= 0.6 is 11.8 Å². The van der Waals surface area contributed by atoms with Gasteiger partial charge in [-0.2, -0.15) is 17.0 Å². The van der Waals surface area contributed by atoms with Gasteiger partial charge in [-0.05, 0) is 25.2 Å². The molecular weight excluding hydrogens is 298 g/mol. The summed E-state index contributed by atoms with van der Waals surface area (Å²) in [7, 11) is 1.83. The molecule has 0 amide bonds. The maximum absolute atomic E-state index is 8.44. The topological polar surface area (TPSA) is 81.8 Å². The van der Waals surface area contributed by atoms with Crippen molar-refractivity contribution in [1.82, 2.24) is 9.80 Å². The van der Waals surface area contributed by atoms with Crippen molar-refractivity contribution < 1.29 is 4.42 Å². The Bertz CT molecular complexity index is 504. The van der Waals surface area contributed by atoms with Crippen molar-refractivity contribution in [3.8, 4) is 6.19 Å². The predicted molar refractivity (Wildman–Crippen MR) is 91.4 cm³/mol. The molecule has 0 aromatic carbocycles. The van der Waals surface area contributed by atoms with Gasteiger partial charge in [-0.15, -0.1) is 4.99 Å². The highest BCUT2D eigenvalue weighted by Crippen LogP contribution is 2.16. The largest absolute Gasteiger partial charge is 0.464 e. The zero-order valence-corrected chi connectivity index (χ0v) is 14.4. The number of hydrogen-bond donors (Lipinski definition) is 1. The van der Waals surface area contributed by atoms with Crippen molar-refractivity contribution in [2.45, 2.75) is 26.1 Å². The quantitative estimate of drug-likeness (QED) is 0.324. The van der Waals surface area contributed by atoms with Crippen molar-refractivity contribution >= 4 is 17.7 Å². The molecule has 0 saturated heterocycles. The summed E-state index contributed by atoms with van der Waals surface area (Å²) in [6.07, 6.45) is 1.69. The lowest BCUT2D eigenvalue weighted by molar-refractivity contribution is 0.266. The van der Waals surface area contributed by atoms with Crippen molar-refractivity contribution in [1.29, 1.82) is 5.26 Å². The van der Waals surface area contributed by atoms with Crippen LogP contribution in [0.3, 0.4) is 0 Å². The molecule has 0 saturated carbocycles. The number of nitrogens with two attached hydrogens (primary N) is 1. The molecule has 0 unspecified atom stereocenters. The summed E-state index contributed by atoms with van der Waals surface area (Å²) >= 11 is 1.77. The van der Waals surface area contributed by atoms with Gasteiger partial charge in [-0.1, -0.05) is 13.8 Å². The third kappa shape index (κ3) is 6.41. The first-order valence-electron chi connectivity index (χ1n) is 7.41. The molecule has 1 rings (SSSR count). The smallest absolute Gasteiger partial charge is 0.209 e. The first-order valence-corrected chi connectivity index (χ1v) is 8.57. The maximum Gasteiger partial charge on any atom is 0.209 e. The van der Waals surface area contributed by atoms with Crippen LogP contribution in [0.5, 0.6) is 0 Å². The second-order valence-corrected chi connectivity index (χ2v) is 5.98. The molecule has 0 aliphatic carbocycles. The van der Waals surface area contributed by atoms with Gasteiger partial charge in [0.1, 0.15) is 11.5 Å². The summed E-state index contributed by atoms with van der Waals surface area (Å²) in [6, 6.07) is 4.10. The van der Waals surface area contributed by atoms with E-state index in [1.807, 2.05) is 13.1 Å². The molecular formula is C15H25N5OS. The molecule has 7 heteroatoms. The second-order valence-electron chi connectivity index (χ2n) is 4.87. The monoisotopic (exact) mass is 323 g/mol. The average molecular weight is 323 g/mol. The fraction of sp³-hybridized carbons (Fsp3) is 0.600. The van der Waals surface area contributed by atoms with E-state index >= 15 is 0 Å². The van der Waals surface area contributed by atoms with Crippen LogP contribution in [-0.4, -0.2) is 48.2 Å². The van der Waals surface area contributed by atoms with Crippen LogP contribution in [-0.2, 0) is 12.3 Å². The van der Waals surface area contributed by atoms with Crippen LogP contribution in [0.15, 0.2) is 21.5 Å².